The van der Waals surface area contributed by atoms with Gasteiger partial charge in [-0.1, -0.05) is 12.1 Å². The highest BCUT2D eigenvalue weighted by Gasteiger charge is 2.39. The molecular weight excluding hydrogens is 261 g/mol. The number of benzene rings is 1. The van der Waals surface area contributed by atoms with Crippen molar-refractivity contribution in [2.75, 3.05) is 0 Å². The van der Waals surface area contributed by atoms with Crippen molar-refractivity contribution < 1.29 is 19.7 Å². The Kier molecular flexibility index (Phi) is 4.58. The number of nitro benzene ring substituents is 1. The van der Waals surface area contributed by atoms with E-state index in [0.717, 1.165) is 0 Å². The maximum Gasteiger partial charge on any atom is 0.491 e. The van der Waals surface area contributed by atoms with Crippen molar-refractivity contribution in [3.63, 3.8) is 0 Å². The molecule has 0 aliphatic heterocycles. The second-order valence-corrected chi connectivity index (χ2v) is 5.84. The lowest BCUT2D eigenvalue weighted by atomic mass is 9.76. The first-order valence-electron chi connectivity index (χ1n) is 6.29. The average molecular weight is 281 g/mol. The van der Waals surface area contributed by atoms with Crippen LogP contribution in [0.1, 0.15) is 33.3 Å². The second kappa shape index (κ2) is 5.51. The van der Waals surface area contributed by atoms with Gasteiger partial charge < -0.3 is 14.8 Å². The quantitative estimate of drug-likeness (QED) is 0.480. The molecule has 0 unspecified atom stereocenters. The van der Waals surface area contributed by atoms with Crippen molar-refractivity contribution in [2.45, 2.75) is 45.8 Å². The molecule has 0 fully saturated rings. The van der Waals surface area contributed by atoms with E-state index in [2.05, 4.69) is 0 Å². The zero-order valence-electron chi connectivity index (χ0n) is 12.4. The zero-order valence-corrected chi connectivity index (χ0v) is 12.4. The number of rotatable bonds is 5. The molecule has 0 bridgehead atoms. The Hall–Kier alpha value is -1.44. The van der Waals surface area contributed by atoms with Gasteiger partial charge in [-0.05, 0) is 40.1 Å². The molecule has 0 radical (unpaired) electrons. The summed E-state index contributed by atoms with van der Waals surface area (Å²) < 4.78 is 5.45. The molecule has 1 aromatic carbocycles. The van der Waals surface area contributed by atoms with Gasteiger partial charge in [-0.2, -0.15) is 0 Å². The van der Waals surface area contributed by atoms with E-state index in [0.29, 0.717) is 5.56 Å². The molecule has 110 valence electrons. The molecule has 0 saturated heterocycles. The maximum absolute atomic E-state index is 10.9. The van der Waals surface area contributed by atoms with E-state index in [9.17, 15) is 20.2 Å². The molecule has 0 aliphatic carbocycles. The summed E-state index contributed by atoms with van der Waals surface area (Å²) in [5, 5.41) is 30.9. The molecule has 0 amide bonds. The van der Waals surface area contributed by atoms with E-state index >= 15 is 0 Å². The lowest BCUT2D eigenvalue weighted by molar-refractivity contribution is -0.385. The van der Waals surface area contributed by atoms with Crippen molar-refractivity contribution >= 4 is 18.3 Å². The number of aryl methyl sites for hydroxylation is 1. The van der Waals surface area contributed by atoms with Gasteiger partial charge in [-0.25, -0.2) is 0 Å². The summed E-state index contributed by atoms with van der Waals surface area (Å²) in [6.07, 6.45) is 0. The summed E-state index contributed by atoms with van der Waals surface area (Å²) >= 11 is 0. The van der Waals surface area contributed by atoms with Gasteiger partial charge in [0, 0.05) is 11.6 Å². The van der Waals surface area contributed by atoms with Gasteiger partial charge in [0.05, 0.1) is 16.1 Å². The Morgan fingerprint density at radius 2 is 1.85 bits per heavy atom. The van der Waals surface area contributed by atoms with Crippen LogP contribution in [0, 0.1) is 17.0 Å². The smallest absolute Gasteiger partial charge is 0.423 e. The monoisotopic (exact) mass is 281 g/mol. The van der Waals surface area contributed by atoms with Crippen LogP contribution in [-0.4, -0.2) is 33.4 Å². The van der Waals surface area contributed by atoms with E-state index in [1.807, 2.05) is 0 Å². The molecule has 0 spiro atoms. The Morgan fingerprint density at radius 1 is 1.30 bits per heavy atom. The molecule has 20 heavy (non-hydrogen) atoms. The predicted molar refractivity (Wildman–Crippen MR) is 76.9 cm³/mol. The van der Waals surface area contributed by atoms with Crippen molar-refractivity contribution in [1.82, 2.24) is 0 Å². The number of hydrogen-bond acceptors (Lipinski definition) is 5. The Balaban J connectivity index is 3.02. The molecule has 0 aromatic heterocycles. The van der Waals surface area contributed by atoms with Crippen LogP contribution >= 0.6 is 0 Å². The standard InChI is InChI=1S/C13H20BNO5/c1-9-6-7-10(8-11(9)15(18)19)14(17)20-13(4,5)12(2,3)16/h6-8,16-17H,1-5H3. The van der Waals surface area contributed by atoms with Crippen LogP contribution in [-0.2, 0) is 4.65 Å². The molecule has 0 aliphatic rings. The molecule has 6 nitrogen and oxygen atoms in total. The highest BCUT2D eigenvalue weighted by molar-refractivity contribution is 6.60. The molecule has 1 rings (SSSR count). The summed E-state index contributed by atoms with van der Waals surface area (Å²) in [7, 11) is -1.35. The average Bonchev–Trinajstić information content (AvgIpc) is 2.26. The molecule has 2 N–H and O–H groups in total. The summed E-state index contributed by atoms with van der Waals surface area (Å²) in [6, 6.07) is 4.39. The Bertz CT molecular complexity index is 510. The summed E-state index contributed by atoms with van der Waals surface area (Å²) in [5.41, 5.74) is -1.49. The topological polar surface area (TPSA) is 92.8 Å². The van der Waals surface area contributed by atoms with Gasteiger partial charge in [-0.15, -0.1) is 0 Å². The van der Waals surface area contributed by atoms with Gasteiger partial charge in [-0.3, -0.25) is 10.1 Å². The normalized spacial score (nSPS) is 12.3. The van der Waals surface area contributed by atoms with Crippen molar-refractivity contribution in [3.05, 3.63) is 33.9 Å². The van der Waals surface area contributed by atoms with E-state index in [4.69, 9.17) is 4.65 Å². The van der Waals surface area contributed by atoms with Crippen molar-refractivity contribution in [3.8, 4) is 0 Å². The van der Waals surface area contributed by atoms with Crippen LogP contribution in [0.5, 0.6) is 0 Å². The van der Waals surface area contributed by atoms with Gasteiger partial charge in [0.2, 0.25) is 0 Å². The lowest BCUT2D eigenvalue weighted by Crippen LogP contribution is -2.53. The van der Waals surface area contributed by atoms with Gasteiger partial charge in [0.1, 0.15) is 0 Å². The van der Waals surface area contributed by atoms with Crippen LogP contribution in [0.4, 0.5) is 5.69 Å². The van der Waals surface area contributed by atoms with Crippen LogP contribution in [0.25, 0.3) is 0 Å². The number of nitro groups is 1. The summed E-state index contributed by atoms with van der Waals surface area (Å²) in [4.78, 5) is 10.4. The van der Waals surface area contributed by atoms with Gasteiger partial charge in [0.25, 0.3) is 5.69 Å². The fraction of sp³-hybridized carbons (Fsp3) is 0.538. The number of nitrogens with zero attached hydrogens (tertiary/aromatic N) is 1. The Morgan fingerprint density at radius 3 is 2.30 bits per heavy atom. The fourth-order valence-corrected chi connectivity index (χ4v) is 1.47. The third-order valence-electron chi connectivity index (χ3n) is 3.59. The summed E-state index contributed by atoms with van der Waals surface area (Å²) in [5.74, 6) is 0. The maximum atomic E-state index is 10.9. The van der Waals surface area contributed by atoms with E-state index in [1.54, 1.807) is 46.8 Å². The second-order valence-electron chi connectivity index (χ2n) is 5.84. The first-order chi connectivity index (χ1) is 8.95. The van der Waals surface area contributed by atoms with E-state index in [1.165, 1.54) is 6.07 Å². The lowest BCUT2D eigenvalue weighted by Gasteiger charge is -2.38. The third-order valence-corrected chi connectivity index (χ3v) is 3.59. The molecule has 7 heteroatoms. The minimum Gasteiger partial charge on any atom is -0.423 e. The zero-order chi connectivity index (χ0) is 15.7. The molecule has 0 saturated carbocycles. The number of aliphatic hydroxyl groups is 1. The molecule has 0 heterocycles. The minimum atomic E-state index is -1.35. The van der Waals surface area contributed by atoms with Gasteiger partial charge in [0.15, 0.2) is 0 Å². The van der Waals surface area contributed by atoms with E-state index in [-0.39, 0.29) is 11.2 Å². The van der Waals surface area contributed by atoms with Crippen LogP contribution in [0.2, 0.25) is 0 Å². The first kappa shape index (κ1) is 16.6. The van der Waals surface area contributed by atoms with Crippen LogP contribution in [0.3, 0.4) is 0 Å². The van der Waals surface area contributed by atoms with Gasteiger partial charge >= 0.3 is 7.12 Å². The predicted octanol–water partition coefficient (Wildman–Crippen LogP) is 1.16. The highest BCUT2D eigenvalue weighted by Crippen LogP contribution is 2.25. The first-order valence-corrected chi connectivity index (χ1v) is 6.29. The SMILES string of the molecule is Cc1ccc(B(O)OC(C)(C)C(C)(C)O)cc1[N+](=O)[O-]. The molecular formula is C13H20BNO5. The summed E-state index contributed by atoms with van der Waals surface area (Å²) in [6.45, 7) is 8.03. The van der Waals surface area contributed by atoms with Crippen molar-refractivity contribution in [2.24, 2.45) is 0 Å². The Labute approximate surface area is 118 Å². The largest absolute Gasteiger partial charge is 0.491 e. The van der Waals surface area contributed by atoms with Crippen LogP contribution in [0.15, 0.2) is 18.2 Å². The highest BCUT2D eigenvalue weighted by atomic mass is 16.6. The van der Waals surface area contributed by atoms with Crippen molar-refractivity contribution in [1.29, 1.82) is 0 Å². The van der Waals surface area contributed by atoms with Crippen LogP contribution < -0.4 is 5.46 Å². The number of hydrogen-bond donors (Lipinski definition) is 2. The molecule has 1 aromatic rings. The molecule has 0 atom stereocenters. The van der Waals surface area contributed by atoms with E-state index < -0.39 is 23.2 Å². The fourth-order valence-electron chi connectivity index (χ4n) is 1.47. The third kappa shape index (κ3) is 3.56. The minimum absolute atomic E-state index is 0.0776.